The number of halogens is 2. The molecule has 2 atom stereocenters. The average molecular weight is 313 g/mol. The number of thiocarbonyl (C=S) groups is 1. The highest BCUT2D eigenvalue weighted by molar-refractivity contribution is 7.80. The predicted molar refractivity (Wildman–Crippen MR) is 81.1 cm³/mol. The SMILES string of the molecule is N=C1N(c2ccc(Cl)cc2F)C(=S)C2CCCCC12O. The van der Waals surface area contributed by atoms with Crippen LogP contribution in [0.5, 0.6) is 0 Å². The summed E-state index contributed by atoms with van der Waals surface area (Å²) in [6.07, 6.45) is 3.07. The summed E-state index contributed by atoms with van der Waals surface area (Å²) in [6, 6.07) is 4.25. The van der Waals surface area contributed by atoms with Gasteiger partial charge in [-0.2, -0.15) is 0 Å². The van der Waals surface area contributed by atoms with Crippen LogP contribution in [0.25, 0.3) is 0 Å². The Morgan fingerprint density at radius 2 is 2.20 bits per heavy atom. The van der Waals surface area contributed by atoms with Crippen molar-refractivity contribution >= 4 is 40.3 Å². The molecule has 1 saturated carbocycles. The Bertz CT molecular complexity index is 609. The number of nitrogens with zero attached hydrogens (tertiary/aromatic N) is 1. The van der Waals surface area contributed by atoms with Gasteiger partial charge in [-0.25, -0.2) is 4.39 Å². The average Bonchev–Trinajstić information content (AvgIpc) is 2.59. The van der Waals surface area contributed by atoms with E-state index in [-0.39, 0.29) is 17.4 Å². The van der Waals surface area contributed by atoms with Gasteiger partial charge in [-0.15, -0.1) is 0 Å². The molecule has 3 nitrogen and oxygen atoms in total. The van der Waals surface area contributed by atoms with E-state index in [4.69, 9.17) is 29.2 Å². The fourth-order valence-electron chi connectivity index (χ4n) is 3.13. The van der Waals surface area contributed by atoms with Gasteiger partial charge in [0.2, 0.25) is 0 Å². The number of rotatable bonds is 1. The van der Waals surface area contributed by atoms with Crippen LogP contribution in [0.3, 0.4) is 0 Å². The number of anilines is 1. The Labute approximate surface area is 126 Å². The zero-order valence-electron chi connectivity index (χ0n) is 10.7. The lowest BCUT2D eigenvalue weighted by atomic mass is 9.77. The van der Waals surface area contributed by atoms with Crippen molar-refractivity contribution in [1.82, 2.24) is 0 Å². The topological polar surface area (TPSA) is 47.3 Å². The van der Waals surface area contributed by atoms with E-state index in [9.17, 15) is 9.50 Å². The zero-order valence-corrected chi connectivity index (χ0v) is 12.3. The highest BCUT2D eigenvalue weighted by Crippen LogP contribution is 2.44. The lowest BCUT2D eigenvalue weighted by Gasteiger charge is -2.32. The number of hydrogen-bond donors (Lipinski definition) is 2. The maximum absolute atomic E-state index is 14.1. The molecule has 2 fully saturated rings. The standard InChI is InChI=1S/C14H14ClFN2OS/c15-8-4-5-11(10(16)7-8)18-12(20)9-3-1-2-6-14(9,19)13(18)17/h4-5,7,9,17,19H,1-3,6H2. The van der Waals surface area contributed by atoms with Gasteiger partial charge in [0.1, 0.15) is 17.3 Å². The summed E-state index contributed by atoms with van der Waals surface area (Å²) in [6.45, 7) is 0. The Morgan fingerprint density at radius 3 is 2.85 bits per heavy atom. The van der Waals surface area contributed by atoms with Crippen molar-refractivity contribution in [2.75, 3.05) is 4.90 Å². The van der Waals surface area contributed by atoms with E-state index in [1.165, 1.54) is 17.0 Å². The smallest absolute Gasteiger partial charge is 0.148 e. The van der Waals surface area contributed by atoms with Crippen LogP contribution >= 0.6 is 23.8 Å². The summed E-state index contributed by atoms with van der Waals surface area (Å²) in [4.78, 5) is 1.79. The van der Waals surface area contributed by atoms with Crippen LogP contribution in [0.15, 0.2) is 18.2 Å². The van der Waals surface area contributed by atoms with E-state index in [1.54, 1.807) is 6.07 Å². The lowest BCUT2D eigenvalue weighted by Crippen LogP contribution is -2.44. The molecule has 1 heterocycles. The molecule has 1 saturated heterocycles. The van der Waals surface area contributed by atoms with Gasteiger partial charge < -0.3 is 5.11 Å². The number of hydrogen-bond acceptors (Lipinski definition) is 3. The normalized spacial score (nSPS) is 29.8. The van der Waals surface area contributed by atoms with Crippen LogP contribution in [0.4, 0.5) is 10.1 Å². The largest absolute Gasteiger partial charge is 0.381 e. The van der Waals surface area contributed by atoms with Crippen molar-refractivity contribution in [2.24, 2.45) is 5.92 Å². The fraction of sp³-hybridized carbons (Fsp3) is 0.429. The minimum Gasteiger partial charge on any atom is -0.381 e. The Balaban J connectivity index is 2.06. The molecule has 0 amide bonds. The Hall–Kier alpha value is -1.04. The summed E-state index contributed by atoms with van der Waals surface area (Å²) in [5.41, 5.74) is -1.06. The summed E-state index contributed by atoms with van der Waals surface area (Å²) in [5.74, 6) is -0.825. The van der Waals surface area contributed by atoms with Crippen LogP contribution < -0.4 is 4.90 Å². The number of benzene rings is 1. The fourth-order valence-corrected chi connectivity index (χ4v) is 3.79. The van der Waals surface area contributed by atoms with Crippen LogP contribution in [0.2, 0.25) is 5.02 Å². The van der Waals surface area contributed by atoms with E-state index in [0.717, 1.165) is 19.3 Å². The predicted octanol–water partition coefficient (Wildman–Crippen LogP) is 3.53. The van der Waals surface area contributed by atoms with Gasteiger partial charge in [-0.1, -0.05) is 36.7 Å². The molecular weight excluding hydrogens is 299 g/mol. The molecule has 3 rings (SSSR count). The molecular formula is C14H14ClFN2OS. The number of fused-ring (bicyclic) bond motifs is 1. The first-order valence-corrected chi connectivity index (χ1v) is 7.34. The second kappa shape index (κ2) is 4.76. The van der Waals surface area contributed by atoms with E-state index in [0.29, 0.717) is 16.4 Å². The second-order valence-electron chi connectivity index (χ2n) is 5.34. The van der Waals surface area contributed by atoms with Gasteiger partial charge in [-0.3, -0.25) is 10.3 Å². The number of amidine groups is 1. The van der Waals surface area contributed by atoms with Crippen molar-refractivity contribution in [1.29, 1.82) is 5.41 Å². The third-order valence-corrected chi connectivity index (χ3v) is 4.88. The molecule has 20 heavy (non-hydrogen) atoms. The summed E-state index contributed by atoms with van der Waals surface area (Å²) in [7, 11) is 0. The van der Waals surface area contributed by atoms with E-state index in [1.807, 2.05) is 0 Å². The molecule has 2 N–H and O–H groups in total. The zero-order chi connectivity index (χ0) is 14.5. The van der Waals surface area contributed by atoms with Crippen LogP contribution in [0, 0.1) is 17.1 Å². The van der Waals surface area contributed by atoms with Crippen molar-refractivity contribution in [3.63, 3.8) is 0 Å². The molecule has 2 unspecified atom stereocenters. The molecule has 106 valence electrons. The third-order valence-electron chi connectivity index (χ3n) is 4.18. The summed E-state index contributed by atoms with van der Waals surface area (Å²) in [5, 5.41) is 19.3. The Kier molecular flexibility index (Phi) is 3.31. The third kappa shape index (κ3) is 1.88. The van der Waals surface area contributed by atoms with Gasteiger partial charge in [0, 0.05) is 10.9 Å². The quantitative estimate of drug-likeness (QED) is 0.780. The number of nitrogens with one attached hydrogen (secondary N) is 1. The van der Waals surface area contributed by atoms with E-state index < -0.39 is 11.4 Å². The van der Waals surface area contributed by atoms with E-state index in [2.05, 4.69) is 0 Å². The van der Waals surface area contributed by atoms with Crippen molar-refractivity contribution < 1.29 is 9.50 Å². The van der Waals surface area contributed by atoms with Crippen molar-refractivity contribution in [3.05, 3.63) is 29.0 Å². The first kappa shape index (κ1) is 13.9. The minimum absolute atomic E-state index is 0.0200. The molecule has 0 spiro atoms. The minimum atomic E-state index is -1.25. The lowest BCUT2D eigenvalue weighted by molar-refractivity contribution is 0.0487. The van der Waals surface area contributed by atoms with Crippen LogP contribution in [0.1, 0.15) is 25.7 Å². The van der Waals surface area contributed by atoms with Crippen molar-refractivity contribution in [2.45, 2.75) is 31.3 Å². The molecule has 0 aromatic heterocycles. The molecule has 0 radical (unpaired) electrons. The molecule has 1 aliphatic carbocycles. The van der Waals surface area contributed by atoms with Crippen LogP contribution in [-0.4, -0.2) is 21.5 Å². The molecule has 2 aliphatic rings. The van der Waals surface area contributed by atoms with Gasteiger partial charge in [0.25, 0.3) is 0 Å². The molecule has 6 heteroatoms. The summed E-state index contributed by atoms with van der Waals surface area (Å²) >= 11 is 11.1. The van der Waals surface area contributed by atoms with Gasteiger partial charge >= 0.3 is 0 Å². The van der Waals surface area contributed by atoms with Gasteiger partial charge in [0.15, 0.2) is 0 Å². The second-order valence-corrected chi connectivity index (χ2v) is 6.20. The Morgan fingerprint density at radius 1 is 1.45 bits per heavy atom. The molecule has 1 aromatic carbocycles. The first-order chi connectivity index (χ1) is 9.45. The van der Waals surface area contributed by atoms with Crippen LogP contribution in [-0.2, 0) is 0 Å². The highest BCUT2D eigenvalue weighted by atomic mass is 35.5. The van der Waals surface area contributed by atoms with Gasteiger partial charge in [-0.05, 0) is 31.0 Å². The monoisotopic (exact) mass is 312 g/mol. The van der Waals surface area contributed by atoms with Crippen molar-refractivity contribution in [3.8, 4) is 0 Å². The van der Waals surface area contributed by atoms with E-state index >= 15 is 0 Å². The summed E-state index contributed by atoms with van der Waals surface area (Å²) < 4.78 is 14.1. The molecule has 1 aliphatic heterocycles. The molecule has 1 aromatic rings. The highest BCUT2D eigenvalue weighted by Gasteiger charge is 2.55. The maximum Gasteiger partial charge on any atom is 0.148 e. The molecule has 0 bridgehead atoms. The number of aliphatic hydroxyl groups is 1. The van der Waals surface area contributed by atoms with Gasteiger partial charge in [0.05, 0.1) is 10.7 Å². The maximum atomic E-state index is 14.1. The first-order valence-electron chi connectivity index (χ1n) is 6.55.